The van der Waals surface area contributed by atoms with Crippen LogP contribution in [0.1, 0.15) is 56.8 Å². The highest BCUT2D eigenvalue weighted by Crippen LogP contribution is 2.54. The summed E-state index contributed by atoms with van der Waals surface area (Å²) in [7, 11) is 0. The summed E-state index contributed by atoms with van der Waals surface area (Å²) in [6.45, 7) is 9.27. The molecule has 0 N–H and O–H groups in total. The Morgan fingerprint density at radius 2 is 0.968 bits per heavy atom. The average Bonchev–Trinajstić information content (AvgIpc) is 4.03. The monoisotopic (exact) mass is 813 g/mol. The fourth-order valence-electron chi connectivity index (χ4n) is 11.1. The van der Waals surface area contributed by atoms with Crippen molar-refractivity contribution in [2.45, 2.75) is 38.5 Å². The molecule has 300 valence electrons. The second-order valence-electron chi connectivity index (χ2n) is 18.1. The molecule has 2 heterocycles. The van der Waals surface area contributed by atoms with E-state index in [1.807, 2.05) is 48.5 Å². The minimum absolute atomic E-state index is 0.130. The Bertz CT molecular complexity index is 3870. The minimum atomic E-state index is -0.431. The maximum Gasteiger partial charge on any atom is 0.137 e. The van der Waals surface area contributed by atoms with Gasteiger partial charge in [0.15, 0.2) is 0 Å². The number of furan rings is 1. The maximum atomic E-state index is 9.27. The van der Waals surface area contributed by atoms with E-state index in [1.54, 1.807) is 0 Å². The lowest BCUT2D eigenvalue weighted by Gasteiger charge is -2.30. The average molecular weight is 814 g/mol. The van der Waals surface area contributed by atoms with Gasteiger partial charge in [-0.2, -0.15) is 0 Å². The molecule has 3 heteroatoms. The number of aromatic nitrogens is 1. The van der Waals surface area contributed by atoms with Gasteiger partial charge in [-0.1, -0.05) is 161 Å². The Morgan fingerprint density at radius 1 is 0.444 bits per heavy atom. The van der Waals surface area contributed by atoms with Gasteiger partial charge >= 0.3 is 0 Å². The number of hydrogen-bond donors (Lipinski definition) is 0. The molecule has 63 heavy (non-hydrogen) atoms. The molecule has 0 saturated carbocycles. The summed E-state index contributed by atoms with van der Waals surface area (Å²) in [5.74, 6) is 0. The predicted molar refractivity (Wildman–Crippen MR) is 263 cm³/mol. The minimum Gasteiger partial charge on any atom is -0.456 e. The van der Waals surface area contributed by atoms with Crippen molar-refractivity contribution in [1.82, 2.24) is 4.57 Å². The van der Waals surface area contributed by atoms with Gasteiger partial charge < -0.3 is 13.9 Å². The highest BCUT2D eigenvalue weighted by atomic mass is 16.3. The fourth-order valence-corrected chi connectivity index (χ4v) is 11.1. The van der Waals surface area contributed by atoms with Crippen molar-refractivity contribution >= 4 is 60.8 Å². The second-order valence-corrected chi connectivity index (χ2v) is 18.1. The van der Waals surface area contributed by atoms with Crippen LogP contribution in [0.3, 0.4) is 0 Å². The fraction of sp³-hybridized carbons (Fsp3) is 0.100. The van der Waals surface area contributed by atoms with Gasteiger partial charge in [0, 0.05) is 49.6 Å². The van der Waals surface area contributed by atoms with Gasteiger partial charge in [-0.3, -0.25) is 0 Å². The van der Waals surface area contributed by atoms with E-state index >= 15 is 0 Å². The topological polar surface area (TPSA) is 21.3 Å². The molecule has 2 aliphatic carbocycles. The standard InChI is InChI=1S/C60H44N2O/c1-59(2)49-22-12-8-18-42(49)44-29-26-38(34-51(44)59)61(39-27-30-45-43-19-9-13-23-50(43)60(3,4)52(45)35-39)40-28-31-47-46-20-10-14-24-53(46)62(54(47)36-40)58-41(37-16-6-5-7-17-37)32-33-56-57(58)48-21-11-15-25-55(48)63-56/h5-36H,1-4H3/i5D,6D,7D,16D,17D. The molecular weight excluding hydrogens is 765 g/mol. The van der Waals surface area contributed by atoms with Gasteiger partial charge in [0.05, 0.1) is 29.0 Å². The molecule has 0 spiro atoms. The summed E-state index contributed by atoms with van der Waals surface area (Å²) in [6, 6.07) is 56.1. The van der Waals surface area contributed by atoms with Gasteiger partial charge in [-0.05, 0) is 111 Å². The van der Waals surface area contributed by atoms with Crippen LogP contribution < -0.4 is 4.90 Å². The van der Waals surface area contributed by atoms with Crippen molar-refractivity contribution in [3.63, 3.8) is 0 Å². The van der Waals surface area contributed by atoms with Crippen LogP contribution in [0.4, 0.5) is 17.1 Å². The molecule has 9 aromatic carbocycles. The number of rotatable bonds is 5. The zero-order chi connectivity index (χ0) is 46.5. The summed E-state index contributed by atoms with van der Waals surface area (Å²) in [5, 5.41) is 3.68. The van der Waals surface area contributed by atoms with Crippen LogP contribution in [0.15, 0.2) is 198 Å². The zero-order valence-electron chi connectivity index (χ0n) is 40.4. The van der Waals surface area contributed by atoms with Crippen LogP contribution in [0, 0.1) is 0 Å². The van der Waals surface area contributed by atoms with Crippen LogP contribution in [0.5, 0.6) is 0 Å². The van der Waals surface area contributed by atoms with Gasteiger partial charge in [-0.15, -0.1) is 0 Å². The molecule has 2 aromatic heterocycles. The van der Waals surface area contributed by atoms with E-state index in [9.17, 15) is 2.74 Å². The molecule has 0 atom stereocenters. The summed E-state index contributed by atoms with van der Waals surface area (Å²) < 4.78 is 53.4. The van der Waals surface area contributed by atoms with E-state index in [0.717, 1.165) is 49.6 Å². The first kappa shape index (κ1) is 31.3. The molecule has 0 aliphatic heterocycles. The van der Waals surface area contributed by atoms with Crippen molar-refractivity contribution < 1.29 is 11.3 Å². The number of anilines is 3. The van der Waals surface area contributed by atoms with E-state index < -0.39 is 6.04 Å². The highest BCUT2D eigenvalue weighted by Gasteiger charge is 2.38. The lowest BCUT2D eigenvalue weighted by molar-refractivity contribution is 0.660. The van der Waals surface area contributed by atoms with E-state index in [0.29, 0.717) is 22.4 Å². The summed E-state index contributed by atoms with van der Waals surface area (Å²) in [4.78, 5) is 2.38. The maximum absolute atomic E-state index is 9.27. The molecule has 3 nitrogen and oxygen atoms in total. The van der Waals surface area contributed by atoms with Crippen LogP contribution >= 0.6 is 0 Å². The van der Waals surface area contributed by atoms with Crippen molar-refractivity contribution in [1.29, 1.82) is 0 Å². The summed E-state index contributed by atoms with van der Waals surface area (Å²) in [5.41, 5.74) is 17.2. The molecule has 0 unspecified atom stereocenters. The highest BCUT2D eigenvalue weighted by molar-refractivity contribution is 6.17. The predicted octanol–water partition coefficient (Wildman–Crippen LogP) is 16.4. The van der Waals surface area contributed by atoms with Crippen LogP contribution in [0.25, 0.3) is 82.8 Å². The third-order valence-corrected chi connectivity index (χ3v) is 14.1. The van der Waals surface area contributed by atoms with Gasteiger partial charge in [0.1, 0.15) is 11.2 Å². The SMILES string of the molecule is [2H]c1c([2H])c([2H])c(-c2ccc3oc4ccccc4c3c2-n2c3ccccc3c3ccc(N(c4ccc5c(c4)C(C)(C)c4ccccc4-5)c4ccc5c(c4)C(C)(C)c4ccccc4-5)cc32)c([2H])c1[2H]. The first-order chi connectivity index (χ1) is 32.8. The number of fused-ring (bicyclic) bond motifs is 12. The Labute approximate surface area is 374 Å². The smallest absolute Gasteiger partial charge is 0.137 e. The van der Waals surface area contributed by atoms with E-state index in [4.69, 9.17) is 8.53 Å². The van der Waals surface area contributed by atoms with Crippen LogP contribution in [-0.2, 0) is 10.8 Å². The zero-order valence-corrected chi connectivity index (χ0v) is 35.4. The summed E-state index contributed by atoms with van der Waals surface area (Å²) in [6.07, 6.45) is 0. The van der Waals surface area contributed by atoms with Crippen molar-refractivity contribution in [2.75, 3.05) is 4.90 Å². The summed E-state index contributed by atoms with van der Waals surface area (Å²) >= 11 is 0. The number of hydrogen-bond acceptors (Lipinski definition) is 2. The molecule has 11 aromatic rings. The van der Waals surface area contributed by atoms with Crippen LogP contribution in [0.2, 0.25) is 0 Å². The number of benzene rings is 9. The molecule has 0 fully saturated rings. The molecule has 0 bridgehead atoms. The van der Waals surface area contributed by atoms with Gasteiger partial charge in [0.2, 0.25) is 0 Å². The lowest BCUT2D eigenvalue weighted by Crippen LogP contribution is -2.18. The quantitative estimate of drug-likeness (QED) is 0.173. The third kappa shape index (κ3) is 5.02. The van der Waals surface area contributed by atoms with Gasteiger partial charge in [0.25, 0.3) is 0 Å². The van der Waals surface area contributed by atoms with Crippen LogP contribution in [-0.4, -0.2) is 4.57 Å². The Morgan fingerprint density at radius 3 is 1.65 bits per heavy atom. The second kappa shape index (κ2) is 13.0. The van der Waals surface area contributed by atoms with E-state index in [-0.39, 0.29) is 40.6 Å². The van der Waals surface area contributed by atoms with Gasteiger partial charge in [-0.25, -0.2) is 0 Å². The molecule has 0 saturated heterocycles. The molecule has 0 amide bonds. The molecule has 13 rings (SSSR count). The third-order valence-electron chi connectivity index (χ3n) is 14.1. The van der Waals surface area contributed by atoms with Crippen molar-refractivity contribution in [3.8, 4) is 39.1 Å². The Hall–Kier alpha value is -7.62. The Balaban J connectivity index is 1.12. The number of nitrogens with zero attached hydrogens (tertiary/aromatic N) is 2. The molecule has 2 aliphatic rings. The first-order valence-electron chi connectivity index (χ1n) is 24.2. The van der Waals surface area contributed by atoms with E-state index in [1.165, 1.54) is 44.5 Å². The van der Waals surface area contributed by atoms with Crippen molar-refractivity contribution in [2.24, 2.45) is 0 Å². The van der Waals surface area contributed by atoms with E-state index in [2.05, 4.69) is 152 Å². The Kier molecular flexibility index (Phi) is 6.43. The largest absolute Gasteiger partial charge is 0.456 e. The first-order valence-corrected chi connectivity index (χ1v) is 21.7. The normalized spacial score (nSPS) is 15.4. The molecule has 0 radical (unpaired) electrons. The number of para-hydroxylation sites is 2. The molecular formula is C60H44N2O. The van der Waals surface area contributed by atoms with Crippen molar-refractivity contribution in [3.05, 3.63) is 216 Å². The lowest BCUT2D eigenvalue weighted by atomic mass is 9.82.